The van der Waals surface area contributed by atoms with Crippen LogP contribution in [0, 0.1) is 11.3 Å². The molecule has 9 nitrogen and oxygen atoms in total. The van der Waals surface area contributed by atoms with Gasteiger partial charge in [-0.3, -0.25) is 9.89 Å². The lowest BCUT2D eigenvalue weighted by Crippen LogP contribution is -2.23. The van der Waals surface area contributed by atoms with E-state index in [0.717, 1.165) is 0 Å². The third-order valence-corrected chi connectivity index (χ3v) is 3.91. The van der Waals surface area contributed by atoms with Gasteiger partial charge in [0.1, 0.15) is 17.4 Å². The Hall–Kier alpha value is -3.51. The van der Waals surface area contributed by atoms with Gasteiger partial charge in [0, 0.05) is 12.7 Å². The zero-order valence-electron chi connectivity index (χ0n) is 14.0. The maximum atomic E-state index is 11.1. The SMILES string of the molecule is COCc1[nH]nc2c1C(c1ccccc1OCC(N)=O)C(C#N)=C(N)O2. The summed E-state index contributed by atoms with van der Waals surface area (Å²) in [7, 11) is 1.55. The minimum Gasteiger partial charge on any atom is -0.483 e. The number of hydrogen-bond acceptors (Lipinski definition) is 7. The number of carbonyl (C=O) groups excluding carboxylic acids is 1. The van der Waals surface area contributed by atoms with E-state index < -0.39 is 11.8 Å². The number of para-hydroxylation sites is 1. The predicted molar refractivity (Wildman–Crippen MR) is 89.7 cm³/mol. The summed E-state index contributed by atoms with van der Waals surface area (Å²) in [5.74, 6) is -0.550. The zero-order valence-corrected chi connectivity index (χ0v) is 14.0. The number of nitrogens with two attached hydrogens (primary N) is 2. The van der Waals surface area contributed by atoms with Crippen molar-refractivity contribution in [3.8, 4) is 17.7 Å². The Bertz CT molecular complexity index is 912. The summed E-state index contributed by atoms with van der Waals surface area (Å²) in [5.41, 5.74) is 13.2. The summed E-state index contributed by atoms with van der Waals surface area (Å²) in [5, 5.41) is 16.6. The smallest absolute Gasteiger partial charge is 0.255 e. The number of aromatic nitrogens is 2. The fourth-order valence-electron chi connectivity index (χ4n) is 2.87. The minimum atomic E-state index is -0.605. The third-order valence-electron chi connectivity index (χ3n) is 3.91. The van der Waals surface area contributed by atoms with E-state index in [2.05, 4.69) is 16.3 Å². The number of aromatic amines is 1. The number of benzene rings is 1. The molecule has 0 saturated carbocycles. The molecular weight excluding hydrogens is 338 g/mol. The molecule has 0 aliphatic carbocycles. The molecule has 1 aromatic heterocycles. The van der Waals surface area contributed by atoms with Crippen LogP contribution in [0.3, 0.4) is 0 Å². The van der Waals surface area contributed by atoms with Gasteiger partial charge >= 0.3 is 0 Å². The molecular formula is C17H17N5O4. The van der Waals surface area contributed by atoms with Crippen LogP contribution in [-0.4, -0.2) is 29.8 Å². The molecule has 5 N–H and O–H groups in total. The van der Waals surface area contributed by atoms with Crippen LogP contribution in [0.25, 0.3) is 0 Å². The fraction of sp³-hybridized carbons (Fsp3) is 0.235. The quantitative estimate of drug-likeness (QED) is 0.688. The van der Waals surface area contributed by atoms with Crippen molar-refractivity contribution in [3.63, 3.8) is 0 Å². The molecule has 1 aromatic carbocycles. The molecule has 0 saturated heterocycles. The van der Waals surface area contributed by atoms with Crippen molar-refractivity contribution in [2.75, 3.05) is 13.7 Å². The summed E-state index contributed by atoms with van der Waals surface area (Å²) < 4.78 is 16.2. The second-order valence-electron chi connectivity index (χ2n) is 5.57. The highest BCUT2D eigenvalue weighted by Gasteiger charge is 2.36. The van der Waals surface area contributed by atoms with Crippen LogP contribution in [0.4, 0.5) is 0 Å². The van der Waals surface area contributed by atoms with E-state index in [-0.39, 0.29) is 30.5 Å². The van der Waals surface area contributed by atoms with Crippen molar-refractivity contribution >= 4 is 5.91 Å². The number of nitrogens with one attached hydrogen (secondary N) is 1. The van der Waals surface area contributed by atoms with Gasteiger partial charge < -0.3 is 25.7 Å². The summed E-state index contributed by atoms with van der Waals surface area (Å²) in [4.78, 5) is 11.1. The average Bonchev–Trinajstić information content (AvgIpc) is 3.01. The summed E-state index contributed by atoms with van der Waals surface area (Å²) in [6.07, 6.45) is 0. The van der Waals surface area contributed by atoms with Gasteiger partial charge in [0.2, 0.25) is 11.8 Å². The van der Waals surface area contributed by atoms with E-state index >= 15 is 0 Å². The number of rotatable bonds is 6. The predicted octanol–water partition coefficient (Wildman–Crippen LogP) is 0.638. The van der Waals surface area contributed by atoms with Gasteiger partial charge in [0.25, 0.3) is 5.91 Å². The van der Waals surface area contributed by atoms with Crippen LogP contribution in [0.1, 0.15) is 22.7 Å². The molecule has 2 aromatic rings. The number of allylic oxidation sites excluding steroid dienone is 1. The number of nitriles is 1. The minimum absolute atomic E-state index is 0.0369. The molecule has 3 rings (SSSR count). The molecule has 1 aliphatic rings. The van der Waals surface area contributed by atoms with E-state index in [9.17, 15) is 10.1 Å². The van der Waals surface area contributed by atoms with E-state index in [1.807, 2.05) is 0 Å². The highest BCUT2D eigenvalue weighted by Crippen LogP contribution is 2.45. The van der Waals surface area contributed by atoms with Crippen molar-refractivity contribution in [3.05, 3.63) is 52.5 Å². The third kappa shape index (κ3) is 3.05. The average molecular weight is 355 g/mol. The second kappa shape index (κ2) is 7.16. The lowest BCUT2D eigenvalue weighted by atomic mass is 9.83. The molecule has 1 amide bonds. The molecule has 1 aliphatic heterocycles. The zero-order chi connectivity index (χ0) is 18.7. The maximum absolute atomic E-state index is 11.1. The van der Waals surface area contributed by atoms with Crippen LogP contribution < -0.4 is 20.9 Å². The molecule has 0 spiro atoms. The van der Waals surface area contributed by atoms with Crippen molar-refractivity contribution in [2.24, 2.45) is 11.5 Å². The fourth-order valence-corrected chi connectivity index (χ4v) is 2.87. The first-order valence-electron chi connectivity index (χ1n) is 7.70. The lowest BCUT2D eigenvalue weighted by Gasteiger charge is -2.25. The first-order chi connectivity index (χ1) is 12.6. The van der Waals surface area contributed by atoms with Crippen LogP contribution in [0.2, 0.25) is 0 Å². The van der Waals surface area contributed by atoms with Crippen LogP contribution in [0.15, 0.2) is 35.7 Å². The largest absolute Gasteiger partial charge is 0.483 e. The van der Waals surface area contributed by atoms with E-state index in [0.29, 0.717) is 22.6 Å². The molecule has 2 heterocycles. The number of H-pyrrole nitrogens is 1. The number of nitrogens with zero attached hydrogens (tertiary/aromatic N) is 2. The topological polar surface area (TPSA) is 149 Å². The monoisotopic (exact) mass is 355 g/mol. The van der Waals surface area contributed by atoms with Gasteiger partial charge in [-0.05, 0) is 6.07 Å². The molecule has 134 valence electrons. The standard InChI is InChI=1S/C17H17N5O4/c1-24-7-11-15-14(10(6-18)16(20)26-17(15)22-21-11)9-4-2-3-5-12(9)25-8-13(19)23/h2-5,14H,7-8,20H2,1H3,(H2,19,23)(H,21,22). The number of primary amides is 1. The Balaban J connectivity index is 2.16. The molecule has 1 atom stereocenters. The Morgan fingerprint density at radius 2 is 2.23 bits per heavy atom. The number of fused-ring (bicyclic) bond motifs is 1. The Morgan fingerprint density at radius 3 is 2.92 bits per heavy atom. The summed E-state index contributed by atoms with van der Waals surface area (Å²) in [6, 6.07) is 9.11. The van der Waals surface area contributed by atoms with Gasteiger partial charge in [-0.2, -0.15) is 5.26 Å². The molecule has 1 unspecified atom stereocenters. The highest BCUT2D eigenvalue weighted by atomic mass is 16.5. The normalized spacial score (nSPS) is 15.8. The number of carbonyl (C=O) groups is 1. The number of hydrogen-bond donors (Lipinski definition) is 3. The first kappa shape index (κ1) is 17.3. The van der Waals surface area contributed by atoms with Crippen molar-refractivity contribution in [1.82, 2.24) is 10.2 Å². The summed E-state index contributed by atoms with van der Waals surface area (Å²) in [6.45, 7) is -0.0460. The van der Waals surface area contributed by atoms with Crippen LogP contribution in [0.5, 0.6) is 11.6 Å². The van der Waals surface area contributed by atoms with Crippen molar-refractivity contribution < 1.29 is 19.0 Å². The molecule has 9 heteroatoms. The molecule has 0 bridgehead atoms. The lowest BCUT2D eigenvalue weighted by molar-refractivity contribution is -0.119. The van der Waals surface area contributed by atoms with Gasteiger partial charge in [-0.15, -0.1) is 5.10 Å². The Morgan fingerprint density at radius 1 is 1.46 bits per heavy atom. The molecule has 26 heavy (non-hydrogen) atoms. The van der Waals surface area contributed by atoms with Crippen LogP contribution >= 0.6 is 0 Å². The van der Waals surface area contributed by atoms with Gasteiger partial charge in [0.15, 0.2) is 6.61 Å². The van der Waals surface area contributed by atoms with E-state index in [1.54, 1.807) is 31.4 Å². The van der Waals surface area contributed by atoms with Crippen molar-refractivity contribution in [1.29, 1.82) is 5.26 Å². The Labute approximate surface area is 149 Å². The number of amides is 1. The van der Waals surface area contributed by atoms with Gasteiger partial charge in [-0.1, -0.05) is 18.2 Å². The molecule has 0 fully saturated rings. The van der Waals surface area contributed by atoms with E-state index in [4.69, 9.17) is 25.7 Å². The number of methoxy groups -OCH3 is 1. The maximum Gasteiger partial charge on any atom is 0.255 e. The highest BCUT2D eigenvalue weighted by molar-refractivity contribution is 5.75. The second-order valence-corrected chi connectivity index (χ2v) is 5.57. The first-order valence-corrected chi connectivity index (χ1v) is 7.70. The number of ether oxygens (including phenoxy) is 3. The van der Waals surface area contributed by atoms with Gasteiger partial charge in [0.05, 0.1) is 23.8 Å². The van der Waals surface area contributed by atoms with Crippen LogP contribution in [-0.2, 0) is 16.1 Å². The van der Waals surface area contributed by atoms with Gasteiger partial charge in [-0.25, -0.2) is 0 Å². The van der Waals surface area contributed by atoms with E-state index in [1.165, 1.54) is 0 Å². The molecule has 0 radical (unpaired) electrons. The van der Waals surface area contributed by atoms with Crippen molar-refractivity contribution in [2.45, 2.75) is 12.5 Å². The summed E-state index contributed by atoms with van der Waals surface area (Å²) >= 11 is 0. The Kier molecular flexibility index (Phi) is 4.77.